The molecule has 3 rings (SSSR count). The first-order chi connectivity index (χ1) is 7.74. The van der Waals surface area contributed by atoms with Gasteiger partial charge in [0.25, 0.3) is 0 Å². The summed E-state index contributed by atoms with van der Waals surface area (Å²) in [7, 11) is 0. The van der Waals surface area contributed by atoms with Crippen LogP contribution < -0.4 is 5.63 Å². The Balaban J connectivity index is 2.57. The number of rotatable bonds is 0. The summed E-state index contributed by atoms with van der Waals surface area (Å²) in [6.45, 7) is 0. The molecule has 0 unspecified atom stereocenters. The van der Waals surface area contributed by atoms with Gasteiger partial charge in [-0.3, -0.25) is 0 Å². The van der Waals surface area contributed by atoms with Gasteiger partial charge in [0, 0.05) is 15.9 Å². The molecular formula is C13H7BrO2. The summed E-state index contributed by atoms with van der Waals surface area (Å²) < 4.78 is 6.15. The van der Waals surface area contributed by atoms with Crippen molar-refractivity contribution in [2.24, 2.45) is 0 Å². The first-order valence-electron chi connectivity index (χ1n) is 4.86. The van der Waals surface area contributed by atoms with Crippen LogP contribution in [0, 0.1) is 0 Å². The van der Waals surface area contributed by atoms with Crippen LogP contribution in [-0.2, 0) is 0 Å². The van der Waals surface area contributed by atoms with E-state index in [0.29, 0.717) is 5.58 Å². The lowest BCUT2D eigenvalue weighted by Gasteiger charge is -2.02. The third kappa shape index (κ3) is 1.44. The van der Waals surface area contributed by atoms with E-state index in [-0.39, 0.29) is 5.63 Å². The van der Waals surface area contributed by atoms with Crippen molar-refractivity contribution in [1.82, 2.24) is 0 Å². The van der Waals surface area contributed by atoms with E-state index >= 15 is 0 Å². The molecule has 0 fully saturated rings. The van der Waals surface area contributed by atoms with Crippen molar-refractivity contribution in [3.8, 4) is 0 Å². The lowest BCUT2D eigenvalue weighted by atomic mass is 10.1. The molecule has 0 spiro atoms. The van der Waals surface area contributed by atoms with Gasteiger partial charge >= 0.3 is 5.63 Å². The van der Waals surface area contributed by atoms with Gasteiger partial charge < -0.3 is 4.42 Å². The van der Waals surface area contributed by atoms with E-state index in [9.17, 15) is 4.79 Å². The van der Waals surface area contributed by atoms with Crippen LogP contribution in [0.25, 0.3) is 21.7 Å². The average Bonchev–Trinajstić information content (AvgIpc) is 2.28. The Hall–Kier alpha value is -1.61. The third-order valence-electron chi connectivity index (χ3n) is 2.58. The highest BCUT2D eigenvalue weighted by Gasteiger charge is 2.02. The molecule has 1 aromatic heterocycles. The van der Waals surface area contributed by atoms with Crippen LogP contribution in [0.1, 0.15) is 0 Å². The Kier molecular flexibility index (Phi) is 2.07. The van der Waals surface area contributed by atoms with Gasteiger partial charge in [0.05, 0.1) is 0 Å². The molecule has 0 saturated heterocycles. The fourth-order valence-corrected chi connectivity index (χ4v) is 2.21. The van der Waals surface area contributed by atoms with Crippen molar-refractivity contribution in [2.45, 2.75) is 0 Å². The Morgan fingerprint density at radius 3 is 2.62 bits per heavy atom. The van der Waals surface area contributed by atoms with Gasteiger partial charge in [0.1, 0.15) is 5.58 Å². The fourth-order valence-electron chi connectivity index (χ4n) is 1.85. The summed E-state index contributed by atoms with van der Waals surface area (Å²) in [5.41, 5.74) is 0.306. The van der Waals surface area contributed by atoms with Crippen LogP contribution in [0.5, 0.6) is 0 Å². The number of benzene rings is 2. The number of hydrogen-bond donors (Lipinski definition) is 0. The van der Waals surface area contributed by atoms with Crippen LogP contribution in [0.15, 0.2) is 56.1 Å². The Labute approximate surface area is 99.6 Å². The highest BCUT2D eigenvalue weighted by atomic mass is 79.9. The SMILES string of the molecule is O=c1ccc2c(ccc3ccc(Br)cc32)o1. The van der Waals surface area contributed by atoms with E-state index in [2.05, 4.69) is 15.9 Å². The molecule has 16 heavy (non-hydrogen) atoms. The summed E-state index contributed by atoms with van der Waals surface area (Å²) in [6, 6.07) is 13.1. The van der Waals surface area contributed by atoms with Gasteiger partial charge in [-0.1, -0.05) is 28.1 Å². The summed E-state index contributed by atoms with van der Waals surface area (Å²) in [5, 5.41) is 3.17. The molecule has 0 radical (unpaired) electrons. The second-order valence-corrected chi connectivity index (χ2v) is 4.51. The third-order valence-corrected chi connectivity index (χ3v) is 3.08. The minimum absolute atomic E-state index is 0.318. The second-order valence-electron chi connectivity index (χ2n) is 3.60. The summed E-state index contributed by atoms with van der Waals surface area (Å²) in [5.74, 6) is 0. The summed E-state index contributed by atoms with van der Waals surface area (Å²) >= 11 is 3.44. The van der Waals surface area contributed by atoms with Crippen LogP contribution in [-0.4, -0.2) is 0 Å². The zero-order chi connectivity index (χ0) is 11.1. The Morgan fingerprint density at radius 1 is 0.938 bits per heavy atom. The largest absolute Gasteiger partial charge is 0.423 e. The number of halogens is 1. The highest BCUT2D eigenvalue weighted by Crippen LogP contribution is 2.26. The maximum absolute atomic E-state index is 11.1. The molecule has 1 heterocycles. The summed E-state index contributed by atoms with van der Waals surface area (Å²) in [6.07, 6.45) is 0. The van der Waals surface area contributed by atoms with Crippen molar-refractivity contribution in [3.63, 3.8) is 0 Å². The lowest BCUT2D eigenvalue weighted by Crippen LogP contribution is -1.94. The van der Waals surface area contributed by atoms with E-state index in [0.717, 1.165) is 20.6 Å². The first kappa shape index (κ1) is 9.60. The molecule has 0 N–H and O–H groups in total. The molecular weight excluding hydrogens is 268 g/mol. The molecule has 0 saturated carbocycles. The monoisotopic (exact) mass is 274 g/mol. The van der Waals surface area contributed by atoms with E-state index in [1.807, 2.05) is 30.3 Å². The molecule has 0 atom stereocenters. The smallest absolute Gasteiger partial charge is 0.336 e. The zero-order valence-corrected chi connectivity index (χ0v) is 9.82. The molecule has 0 aliphatic rings. The number of hydrogen-bond acceptors (Lipinski definition) is 2. The average molecular weight is 275 g/mol. The van der Waals surface area contributed by atoms with E-state index in [1.165, 1.54) is 6.07 Å². The molecule has 2 aromatic carbocycles. The normalized spacial score (nSPS) is 11.1. The van der Waals surface area contributed by atoms with Crippen LogP contribution >= 0.6 is 15.9 Å². The number of fused-ring (bicyclic) bond motifs is 3. The van der Waals surface area contributed by atoms with Gasteiger partial charge in [-0.15, -0.1) is 0 Å². The highest BCUT2D eigenvalue weighted by molar-refractivity contribution is 9.10. The van der Waals surface area contributed by atoms with Crippen molar-refractivity contribution in [1.29, 1.82) is 0 Å². The second kappa shape index (κ2) is 3.46. The maximum atomic E-state index is 11.1. The minimum atomic E-state index is -0.318. The molecule has 0 aliphatic carbocycles. The van der Waals surface area contributed by atoms with Gasteiger partial charge in [-0.2, -0.15) is 0 Å². The standard InChI is InChI=1S/C13H7BrO2/c14-9-3-1-8-2-5-12-10(11(8)7-9)4-6-13(15)16-12/h1-7H. The molecule has 0 bridgehead atoms. The van der Waals surface area contributed by atoms with E-state index < -0.39 is 0 Å². The molecule has 2 nitrogen and oxygen atoms in total. The Bertz CT molecular complexity index is 744. The topological polar surface area (TPSA) is 30.2 Å². The first-order valence-corrected chi connectivity index (χ1v) is 5.65. The molecule has 78 valence electrons. The predicted molar refractivity (Wildman–Crippen MR) is 67.7 cm³/mol. The molecule has 3 heteroatoms. The summed E-state index contributed by atoms with van der Waals surface area (Å²) in [4.78, 5) is 11.1. The van der Waals surface area contributed by atoms with Gasteiger partial charge in [0.2, 0.25) is 0 Å². The van der Waals surface area contributed by atoms with E-state index in [4.69, 9.17) is 4.42 Å². The molecule has 3 aromatic rings. The van der Waals surface area contributed by atoms with Crippen LogP contribution in [0.2, 0.25) is 0 Å². The minimum Gasteiger partial charge on any atom is -0.423 e. The van der Waals surface area contributed by atoms with Crippen molar-refractivity contribution in [2.75, 3.05) is 0 Å². The zero-order valence-electron chi connectivity index (χ0n) is 8.24. The maximum Gasteiger partial charge on any atom is 0.336 e. The van der Waals surface area contributed by atoms with Crippen LogP contribution in [0.3, 0.4) is 0 Å². The van der Waals surface area contributed by atoms with E-state index in [1.54, 1.807) is 6.07 Å². The van der Waals surface area contributed by atoms with Crippen LogP contribution in [0.4, 0.5) is 0 Å². The van der Waals surface area contributed by atoms with Gasteiger partial charge in [0.15, 0.2) is 0 Å². The quantitative estimate of drug-likeness (QED) is 0.462. The lowest BCUT2D eigenvalue weighted by molar-refractivity contribution is 0.561. The van der Waals surface area contributed by atoms with Gasteiger partial charge in [-0.05, 0) is 35.0 Å². The predicted octanol–water partition coefficient (Wildman–Crippen LogP) is 3.71. The van der Waals surface area contributed by atoms with Crippen molar-refractivity contribution in [3.05, 3.63) is 57.4 Å². The fraction of sp³-hybridized carbons (Fsp3) is 0. The van der Waals surface area contributed by atoms with Gasteiger partial charge in [-0.25, -0.2) is 4.79 Å². The van der Waals surface area contributed by atoms with Crippen molar-refractivity contribution < 1.29 is 4.42 Å². The molecule has 0 amide bonds. The Morgan fingerprint density at radius 2 is 1.75 bits per heavy atom. The van der Waals surface area contributed by atoms with Crippen molar-refractivity contribution >= 4 is 37.7 Å². The molecule has 0 aliphatic heterocycles.